The third-order valence-corrected chi connectivity index (χ3v) is 8.69. The summed E-state index contributed by atoms with van der Waals surface area (Å²) < 4.78 is 1.82. The van der Waals surface area contributed by atoms with Gasteiger partial charge in [0.1, 0.15) is 5.82 Å². The number of hydrogen-bond acceptors (Lipinski definition) is 3. The van der Waals surface area contributed by atoms with Crippen LogP contribution in [-0.4, -0.2) is 39.6 Å². The van der Waals surface area contributed by atoms with E-state index < -0.39 is 0 Å². The summed E-state index contributed by atoms with van der Waals surface area (Å²) in [5.41, 5.74) is 2.55. The maximum absolute atomic E-state index is 14.1. The molecule has 4 bridgehead atoms. The van der Waals surface area contributed by atoms with Crippen LogP contribution in [0.4, 0.5) is 5.82 Å². The maximum Gasteiger partial charge on any atom is 0.245 e. The van der Waals surface area contributed by atoms with Crippen LogP contribution in [0, 0.1) is 36.0 Å². The lowest BCUT2D eigenvalue weighted by molar-refractivity contribution is -0.159. The van der Waals surface area contributed by atoms with Crippen molar-refractivity contribution in [3.05, 3.63) is 41.6 Å². The fourth-order valence-corrected chi connectivity index (χ4v) is 7.52. The molecule has 0 atom stereocenters. The summed E-state index contributed by atoms with van der Waals surface area (Å²) in [5, 5.41) is 7.98. The van der Waals surface area contributed by atoms with E-state index >= 15 is 0 Å². The Morgan fingerprint density at radius 1 is 1.08 bits per heavy atom. The highest BCUT2D eigenvalue weighted by Gasteiger charge is 2.55. The first-order valence-electron chi connectivity index (χ1n) is 14.2. The number of benzene rings is 1. The molecule has 0 unspecified atom stereocenters. The van der Waals surface area contributed by atoms with E-state index in [0.717, 1.165) is 36.2 Å². The van der Waals surface area contributed by atoms with E-state index in [1.807, 2.05) is 27.8 Å². The molecule has 0 saturated heterocycles. The highest BCUT2D eigenvalue weighted by molar-refractivity contribution is 5.95. The van der Waals surface area contributed by atoms with E-state index in [9.17, 15) is 9.59 Å². The third kappa shape index (κ3) is 5.35. The summed E-state index contributed by atoms with van der Waals surface area (Å²) in [6.45, 7) is 13.4. The Labute approximate surface area is 222 Å². The minimum atomic E-state index is -0.243. The largest absolute Gasteiger partial charge is 0.333 e. The lowest BCUT2D eigenvalue weighted by Crippen LogP contribution is -2.56. The van der Waals surface area contributed by atoms with Crippen molar-refractivity contribution in [3.63, 3.8) is 0 Å². The summed E-state index contributed by atoms with van der Waals surface area (Å²) in [4.78, 5) is 29.5. The van der Waals surface area contributed by atoms with Crippen LogP contribution in [0.15, 0.2) is 30.3 Å². The van der Waals surface area contributed by atoms with Gasteiger partial charge in [-0.2, -0.15) is 5.10 Å². The molecule has 1 aromatic carbocycles. The lowest BCUT2D eigenvalue weighted by atomic mass is 9.49. The fraction of sp³-hybridized carbons (Fsp3) is 0.645. The molecular weight excluding hydrogens is 460 g/mol. The average molecular weight is 505 g/mol. The van der Waals surface area contributed by atoms with Crippen LogP contribution in [0.5, 0.6) is 0 Å². The van der Waals surface area contributed by atoms with Gasteiger partial charge in [-0.05, 0) is 86.8 Å². The van der Waals surface area contributed by atoms with Gasteiger partial charge in [0.2, 0.25) is 11.8 Å². The predicted octanol–water partition coefficient (Wildman–Crippen LogP) is 6.12. The molecule has 2 aromatic rings. The molecule has 1 N–H and O–H groups in total. The smallest absolute Gasteiger partial charge is 0.245 e. The van der Waals surface area contributed by atoms with E-state index in [2.05, 4.69) is 59.0 Å². The van der Waals surface area contributed by atoms with E-state index in [1.54, 1.807) is 0 Å². The normalized spacial score (nSPS) is 26.5. The molecule has 4 aliphatic carbocycles. The minimum absolute atomic E-state index is 0.0859. The summed E-state index contributed by atoms with van der Waals surface area (Å²) in [6, 6.07) is 10.1. The summed E-state index contributed by atoms with van der Waals surface area (Å²) in [5.74, 6) is 3.10. The molecule has 0 spiro atoms. The number of carbonyl (C=O) groups is 2. The van der Waals surface area contributed by atoms with E-state index in [0.29, 0.717) is 36.0 Å². The van der Waals surface area contributed by atoms with Crippen molar-refractivity contribution >= 4 is 17.6 Å². The monoisotopic (exact) mass is 504 g/mol. The van der Waals surface area contributed by atoms with E-state index in [1.165, 1.54) is 19.3 Å². The van der Waals surface area contributed by atoms with Crippen LogP contribution >= 0.6 is 0 Å². The zero-order valence-corrected chi connectivity index (χ0v) is 23.5. The van der Waals surface area contributed by atoms with Crippen molar-refractivity contribution in [2.24, 2.45) is 29.1 Å². The number of anilines is 1. The van der Waals surface area contributed by atoms with Gasteiger partial charge in [-0.15, -0.1) is 0 Å². The molecule has 0 aliphatic heterocycles. The second-order valence-electron chi connectivity index (χ2n) is 13.7. The first kappa shape index (κ1) is 26.0. The molecule has 6 heteroatoms. The van der Waals surface area contributed by atoms with Crippen molar-refractivity contribution in [1.82, 2.24) is 14.7 Å². The molecule has 0 radical (unpaired) electrons. The number of carbonyl (C=O) groups excluding carboxylic acids is 2. The van der Waals surface area contributed by atoms with Crippen molar-refractivity contribution in [3.8, 4) is 5.69 Å². The van der Waals surface area contributed by atoms with Crippen molar-refractivity contribution < 1.29 is 9.59 Å². The van der Waals surface area contributed by atoms with Crippen LogP contribution in [0.2, 0.25) is 0 Å². The van der Waals surface area contributed by atoms with Gasteiger partial charge in [0.15, 0.2) is 0 Å². The van der Waals surface area contributed by atoms with Gasteiger partial charge in [-0.3, -0.25) is 9.59 Å². The van der Waals surface area contributed by atoms with Gasteiger partial charge in [-0.25, -0.2) is 4.68 Å². The Balaban J connectivity index is 1.38. The average Bonchev–Trinajstić information content (AvgIpc) is 3.21. The van der Waals surface area contributed by atoms with Crippen LogP contribution in [0.3, 0.4) is 0 Å². The second-order valence-corrected chi connectivity index (χ2v) is 13.7. The highest BCUT2D eigenvalue weighted by Crippen LogP contribution is 2.60. The molecule has 1 heterocycles. The van der Waals surface area contributed by atoms with Gasteiger partial charge in [-0.1, -0.05) is 46.8 Å². The van der Waals surface area contributed by atoms with Crippen molar-refractivity contribution in [2.75, 3.05) is 18.4 Å². The topological polar surface area (TPSA) is 67.2 Å². The molecular formula is C31H44N4O2. The van der Waals surface area contributed by atoms with Gasteiger partial charge in [0.05, 0.1) is 23.3 Å². The van der Waals surface area contributed by atoms with E-state index in [-0.39, 0.29) is 29.2 Å². The first-order valence-corrected chi connectivity index (χ1v) is 14.2. The number of amides is 2. The SMILES string of the molecule is Cc1cccc(-n2nc(C(C)(C)C)cc2NC(=O)CN(CC(C)C)C(=O)C23CC4CC(CC(C4)C2)C3)c1. The molecule has 6 nitrogen and oxygen atoms in total. The van der Waals surface area contributed by atoms with Crippen LogP contribution < -0.4 is 5.32 Å². The van der Waals surface area contributed by atoms with E-state index in [4.69, 9.17) is 5.10 Å². The Hall–Kier alpha value is -2.63. The minimum Gasteiger partial charge on any atom is -0.333 e. The maximum atomic E-state index is 14.1. The van der Waals surface area contributed by atoms with Crippen molar-refractivity contribution in [1.29, 1.82) is 0 Å². The summed E-state index contributed by atoms with van der Waals surface area (Å²) in [6.07, 6.45) is 6.96. The number of hydrogen-bond donors (Lipinski definition) is 1. The van der Waals surface area contributed by atoms with Gasteiger partial charge >= 0.3 is 0 Å². The molecule has 4 saturated carbocycles. The quantitative estimate of drug-likeness (QED) is 0.494. The summed E-state index contributed by atoms with van der Waals surface area (Å²) >= 11 is 0. The zero-order valence-electron chi connectivity index (χ0n) is 23.5. The lowest BCUT2D eigenvalue weighted by Gasteiger charge is -2.56. The number of aryl methyl sites for hydroxylation is 1. The van der Waals surface area contributed by atoms with Crippen LogP contribution in [0.25, 0.3) is 5.69 Å². The number of nitrogens with zero attached hydrogens (tertiary/aromatic N) is 3. The molecule has 6 rings (SSSR count). The Kier molecular flexibility index (Phi) is 6.74. The summed E-state index contributed by atoms with van der Waals surface area (Å²) in [7, 11) is 0. The Morgan fingerprint density at radius 2 is 1.70 bits per heavy atom. The second kappa shape index (κ2) is 9.59. The molecule has 37 heavy (non-hydrogen) atoms. The fourth-order valence-electron chi connectivity index (χ4n) is 7.52. The van der Waals surface area contributed by atoms with Crippen LogP contribution in [0.1, 0.15) is 84.4 Å². The Bertz CT molecular complexity index is 1140. The standard InChI is InChI=1S/C31H44N4O2/c1-20(2)18-34(29(37)31-15-22-11-23(16-31)13-24(12-22)17-31)19-28(36)32-27-14-26(30(4,5)6)33-35(27)25-9-7-8-21(3)10-25/h7-10,14,20,22-24H,11-13,15-19H2,1-6H3,(H,32,36). The molecule has 4 fully saturated rings. The number of nitrogens with one attached hydrogen (secondary N) is 1. The van der Waals surface area contributed by atoms with Crippen LogP contribution in [-0.2, 0) is 15.0 Å². The molecule has 2 amide bonds. The molecule has 200 valence electrons. The zero-order chi connectivity index (χ0) is 26.5. The Morgan fingerprint density at radius 3 is 2.24 bits per heavy atom. The van der Waals surface area contributed by atoms with Crippen molar-refractivity contribution in [2.45, 2.75) is 85.5 Å². The highest BCUT2D eigenvalue weighted by atomic mass is 16.2. The number of aromatic nitrogens is 2. The molecule has 4 aliphatic rings. The first-order chi connectivity index (χ1) is 17.4. The number of rotatable bonds is 7. The third-order valence-electron chi connectivity index (χ3n) is 8.69. The van der Waals surface area contributed by atoms with Gasteiger partial charge in [0, 0.05) is 18.0 Å². The molecule has 1 aromatic heterocycles. The van der Waals surface area contributed by atoms with Gasteiger partial charge in [0.25, 0.3) is 0 Å². The van der Waals surface area contributed by atoms with Gasteiger partial charge < -0.3 is 10.2 Å². The predicted molar refractivity (Wildman–Crippen MR) is 148 cm³/mol.